The molecule has 0 saturated heterocycles. The van der Waals surface area contributed by atoms with Crippen molar-refractivity contribution in [3.8, 4) is 28.3 Å². The monoisotopic (exact) mass is 458 g/mol. The van der Waals surface area contributed by atoms with Gasteiger partial charge in [-0.15, -0.1) is 0 Å². The number of hydrazone groups is 1. The summed E-state index contributed by atoms with van der Waals surface area (Å²) in [5, 5.41) is 14.2. The van der Waals surface area contributed by atoms with Gasteiger partial charge in [0.1, 0.15) is 5.75 Å². The predicted molar refractivity (Wildman–Crippen MR) is 125 cm³/mol. The number of hydrogen-bond acceptors (Lipinski definition) is 5. The summed E-state index contributed by atoms with van der Waals surface area (Å²) in [4.78, 5) is 9.23. The first-order valence-corrected chi connectivity index (χ1v) is 10.2. The fraction of sp³-hybridized carbons (Fsp3) is 0.0417. The molecule has 0 radical (unpaired) electrons. The number of benzene rings is 3. The van der Waals surface area contributed by atoms with E-state index in [9.17, 15) is 5.11 Å². The molecular weight excluding hydrogens is 440 g/mol. The maximum absolute atomic E-state index is 9.97. The van der Waals surface area contributed by atoms with E-state index in [1.54, 1.807) is 18.2 Å². The highest BCUT2D eigenvalue weighted by molar-refractivity contribution is 9.10. The Morgan fingerprint density at radius 2 is 1.53 bits per heavy atom. The molecule has 0 aliphatic rings. The molecular formula is C24H19BrN4O. The summed E-state index contributed by atoms with van der Waals surface area (Å²) in [5.41, 5.74) is 8.24. The van der Waals surface area contributed by atoms with Crippen molar-refractivity contribution in [3.05, 3.63) is 94.5 Å². The minimum atomic E-state index is 0.142. The van der Waals surface area contributed by atoms with Crippen LogP contribution in [0.2, 0.25) is 0 Å². The van der Waals surface area contributed by atoms with Gasteiger partial charge in [0.2, 0.25) is 5.95 Å². The molecule has 0 bridgehead atoms. The van der Waals surface area contributed by atoms with Crippen LogP contribution in [0.15, 0.2) is 88.4 Å². The Labute approximate surface area is 183 Å². The molecule has 0 unspecified atom stereocenters. The van der Waals surface area contributed by atoms with Crippen molar-refractivity contribution >= 4 is 28.1 Å². The lowest BCUT2D eigenvalue weighted by Gasteiger charge is -2.09. The number of aryl methyl sites for hydroxylation is 1. The van der Waals surface area contributed by atoms with Crippen LogP contribution < -0.4 is 5.43 Å². The Morgan fingerprint density at radius 3 is 2.23 bits per heavy atom. The highest BCUT2D eigenvalue weighted by Gasteiger charge is 2.08. The largest absolute Gasteiger partial charge is 0.507 e. The number of halogens is 1. The minimum Gasteiger partial charge on any atom is -0.507 e. The number of phenolic OH excluding ortho intramolecular Hbond substituents is 1. The van der Waals surface area contributed by atoms with Crippen molar-refractivity contribution in [2.45, 2.75) is 6.92 Å². The standard InChI is InChI=1S/C24H19BrN4O/c1-16-7-9-18(10-8-16)22-14-21(17-5-3-2-4-6-17)27-24(28-22)29-26-15-19-13-20(25)11-12-23(19)30/h2-15,30H,1H3,(H,27,28,29)/b26-15+. The molecule has 4 aromatic rings. The summed E-state index contributed by atoms with van der Waals surface area (Å²) >= 11 is 3.39. The molecule has 0 fully saturated rings. The van der Waals surface area contributed by atoms with Crippen LogP contribution >= 0.6 is 15.9 Å². The number of aromatic nitrogens is 2. The van der Waals surface area contributed by atoms with Crippen LogP contribution in [0.3, 0.4) is 0 Å². The quantitative estimate of drug-likeness (QED) is 0.282. The summed E-state index contributed by atoms with van der Waals surface area (Å²) in [6.07, 6.45) is 1.53. The molecule has 0 saturated carbocycles. The van der Waals surface area contributed by atoms with Crippen molar-refractivity contribution < 1.29 is 5.11 Å². The van der Waals surface area contributed by atoms with Crippen molar-refractivity contribution in [2.75, 3.05) is 5.43 Å². The molecule has 5 nitrogen and oxygen atoms in total. The Morgan fingerprint density at radius 1 is 0.867 bits per heavy atom. The number of aromatic hydroxyl groups is 1. The van der Waals surface area contributed by atoms with Gasteiger partial charge >= 0.3 is 0 Å². The number of anilines is 1. The molecule has 1 aromatic heterocycles. The van der Waals surface area contributed by atoms with Gasteiger partial charge in [-0.2, -0.15) is 5.10 Å². The summed E-state index contributed by atoms with van der Waals surface area (Å²) in [6, 6.07) is 25.2. The molecule has 0 spiro atoms. The topological polar surface area (TPSA) is 70.4 Å². The second kappa shape index (κ2) is 8.88. The minimum absolute atomic E-state index is 0.142. The number of rotatable bonds is 5. The van der Waals surface area contributed by atoms with E-state index < -0.39 is 0 Å². The third-order valence-electron chi connectivity index (χ3n) is 4.50. The van der Waals surface area contributed by atoms with E-state index in [0.29, 0.717) is 11.5 Å². The van der Waals surface area contributed by atoms with Gasteiger partial charge in [0.05, 0.1) is 17.6 Å². The van der Waals surface area contributed by atoms with Gasteiger partial charge in [-0.1, -0.05) is 76.1 Å². The second-order valence-corrected chi connectivity index (χ2v) is 7.68. The van der Waals surface area contributed by atoms with Crippen molar-refractivity contribution in [3.63, 3.8) is 0 Å². The Kier molecular flexibility index (Phi) is 5.86. The fourth-order valence-electron chi connectivity index (χ4n) is 2.91. The normalized spacial score (nSPS) is 11.0. The summed E-state index contributed by atoms with van der Waals surface area (Å²) in [7, 11) is 0. The molecule has 0 atom stereocenters. The highest BCUT2D eigenvalue weighted by atomic mass is 79.9. The Bertz CT molecular complexity index is 1190. The fourth-order valence-corrected chi connectivity index (χ4v) is 3.29. The van der Waals surface area contributed by atoms with Crippen LogP contribution in [-0.2, 0) is 0 Å². The first kappa shape index (κ1) is 19.8. The third-order valence-corrected chi connectivity index (χ3v) is 4.99. The van der Waals surface area contributed by atoms with Gasteiger partial charge in [0.25, 0.3) is 0 Å². The summed E-state index contributed by atoms with van der Waals surface area (Å²) < 4.78 is 0.853. The second-order valence-electron chi connectivity index (χ2n) is 6.77. The van der Waals surface area contributed by atoms with Crippen LogP contribution in [0, 0.1) is 6.92 Å². The number of nitrogens with zero attached hydrogens (tertiary/aromatic N) is 3. The Balaban J connectivity index is 1.69. The molecule has 2 N–H and O–H groups in total. The molecule has 4 rings (SSSR count). The average Bonchev–Trinajstić information content (AvgIpc) is 2.77. The molecule has 30 heavy (non-hydrogen) atoms. The molecule has 0 amide bonds. The third kappa shape index (κ3) is 4.72. The number of phenols is 1. The molecule has 0 aliphatic heterocycles. The maximum atomic E-state index is 9.97. The zero-order chi connectivity index (χ0) is 20.9. The first-order chi connectivity index (χ1) is 14.6. The highest BCUT2D eigenvalue weighted by Crippen LogP contribution is 2.25. The molecule has 0 aliphatic carbocycles. The van der Waals surface area contributed by atoms with E-state index in [4.69, 9.17) is 0 Å². The smallest absolute Gasteiger partial charge is 0.244 e. The number of nitrogens with one attached hydrogen (secondary N) is 1. The van der Waals surface area contributed by atoms with Gasteiger partial charge in [0.15, 0.2) is 0 Å². The average molecular weight is 459 g/mol. The summed E-state index contributed by atoms with van der Waals surface area (Å²) in [6.45, 7) is 2.05. The van der Waals surface area contributed by atoms with Crippen molar-refractivity contribution in [1.29, 1.82) is 0 Å². The number of hydrogen-bond donors (Lipinski definition) is 2. The predicted octanol–water partition coefficient (Wildman–Crippen LogP) is 6.03. The van der Waals surface area contributed by atoms with E-state index >= 15 is 0 Å². The molecule has 148 valence electrons. The van der Waals surface area contributed by atoms with Crippen LogP contribution in [-0.4, -0.2) is 21.3 Å². The van der Waals surface area contributed by atoms with Gasteiger partial charge in [0, 0.05) is 21.2 Å². The lowest BCUT2D eigenvalue weighted by atomic mass is 10.1. The van der Waals surface area contributed by atoms with E-state index in [2.05, 4.69) is 55.5 Å². The first-order valence-electron chi connectivity index (χ1n) is 9.37. The zero-order valence-corrected chi connectivity index (χ0v) is 17.8. The van der Waals surface area contributed by atoms with Crippen molar-refractivity contribution in [2.24, 2.45) is 5.10 Å². The van der Waals surface area contributed by atoms with E-state index in [-0.39, 0.29) is 5.75 Å². The van der Waals surface area contributed by atoms with Gasteiger partial charge in [-0.25, -0.2) is 15.4 Å². The zero-order valence-electron chi connectivity index (χ0n) is 16.2. The van der Waals surface area contributed by atoms with Gasteiger partial charge in [-0.3, -0.25) is 0 Å². The SMILES string of the molecule is Cc1ccc(-c2cc(-c3ccccc3)nc(N/N=C/c3cc(Br)ccc3O)n2)cc1. The van der Waals surface area contributed by atoms with E-state index in [1.807, 2.05) is 48.5 Å². The van der Waals surface area contributed by atoms with Crippen LogP contribution in [0.4, 0.5) is 5.95 Å². The maximum Gasteiger partial charge on any atom is 0.244 e. The lowest BCUT2D eigenvalue weighted by molar-refractivity contribution is 0.474. The van der Waals surface area contributed by atoms with Crippen LogP contribution in [0.5, 0.6) is 5.75 Å². The summed E-state index contributed by atoms with van der Waals surface area (Å²) in [5.74, 6) is 0.515. The van der Waals surface area contributed by atoms with Gasteiger partial charge < -0.3 is 5.11 Å². The molecule has 6 heteroatoms. The van der Waals surface area contributed by atoms with Gasteiger partial charge in [-0.05, 0) is 31.2 Å². The van der Waals surface area contributed by atoms with Crippen LogP contribution in [0.1, 0.15) is 11.1 Å². The van der Waals surface area contributed by atoms with Crippen LogP contribution in [0.25, 0.3) is 22.5 Å². The Hall–Kier alpha value is -3.51. The molecule has 1 heterocycles. The lowest BCUT2D eigenvalue weighted by Crippen LogP contribution is -2.00. The molecule has 3 aromatic carbocycles. The van der Waals surface area contributed by atoms with E-state index in [0.717, 1.165) is 27.0 Å². The van der Waals surface area contributed by atoms with Crippen molar-refractivity contribution in [1.82, 2.24) is 9.97 Å². The van der Waals surface area contributed by atoms with E-state index in [1.165, 1.54) is 11.8 Å².